The molecule has 0 fully saturated rings. The van der Waals surface area contributed by atoms with Gasteiger partial charge >= 0.3 is 12.0 Å². The summed E-state index contributed by atoms with van der Waals surface area (Å²) in [5, 5.41) is 6.00. The van der Waals surface area contributed by atoms with Gasteiger partial charge in [-0.25, -0.2) is 9.59 Å². The van der Waals surface area contributed by atoms with Crippen LogP contribution in [-0.4, -0.2) is 25.2 Å². The third-order valence-electron chi connectivity index (χ3n) is 3.44. The van der Waals surface area contributed by atoms with Gasteiger partial charge in [-0.3, -0.25) is 0 Å². The third-order valence-corrected chi connectivity index (χ3v) is 3.69. The summed E-state index contributed by atoms with van der Waals surface area (Å²) in [6, 6.07) is 15.4. The fourth-order valence-electron chi connectivity index (χ4n) is 2.18. The zero-order chi connectivity index (χ0) is 17.4. The first-order valence-corrected chi connectivity index (χ1v) is 7.87. The molecule has 0 heterocycles. The van der Waals surface area contributed by atoms with Crippen LogP contribution < -0.4 is 10.6 Å². The van der Waals surface area contributed by atoms with E-state index < -0.39 is 18.0 Å². The van der Waals surface area contributed by atoms with E-state index in [9.17, 15) is 9.59 Å². The van der Waals surface area contributed by atoms with Gasteiger partial charge in [0, 0.05) is 18.0 Å². The molecule has 1 atom stereocenters. The Kier molecular flexibility index (Phi) is 6.63. The van der Waals surface area contributed by atoms with Crippen LogP contribution in [0, 0.1) is 0 Å². The highest BCUT2D eigenvalue weighted by molar-refractivity contribution is 6.30. The van der Waals surface area contributed by atoms with E-state index >= 15 is 0 Å². The van der Waals surface area contributed by atoms with Crippen molar-refractivity contribution in [2.24, 2.45) is 0 Å². The molecule has 126 valence electrons. The summed E-state index contributed by atoms with van der Waals surface area (Å²) < 4.78 is 4.77. The lowest BCUT2D eigenvalue weighted by atomic mass is 10.1. The average Bonchev–Trinajstić information content (AvgIpc) is 2.61. The number of esters is 1. The highest BCUT2D eigenvalue weighted by Gasteiger charge is 2.21. The van der Waals surface area contributed by atoms with Crippen LogP contribution in [0.25, 0.3) is 0 Å². The second kappa shape index (κ2) is 8.93. The van der Waals surface area contributed by atoms with Gasteiger partial charge < -0.3 is 15.4 Å². The Morgan fingerprint density at radius 2 is 1.71 bits per heavy atom. The van der Waals surface area contributed by atoms with Crippen molar-refractivity contribution >= 4 is 23.6 Å². The smallest absolute Gasteiger partial charge is 0.328 e. The molecule has 2 N–H and O–H groups in total. The Hall–Kier alpha value is -2.53. The highest BCUT2D eigenvalue weighted by atomic mass is 35.5. The average molecular weight is 347 g/mol. The van der Waals surface area contributed by atoms with Crippen LogP contribution in [0.15, 0.2) is 54.6 Å². The molecule has 0 spiro atoms. The Morgan fingerprint density at radius 3 is 2.33 bits per heavy atom. The van der Waals surface area contributed by atoms with Gasteiger partial charge in [0.15, 0.2) is 0 Å². The summed E-state index contributed by atoms with van der Waals surface area (Å²) in [5.74, 6) is -0.486. The number of rotatable bonds is 6. The molecule has 24 heavy (non-hydrogen) atoms. The number of hydrogen-bond donors (Lipinski definition) is 2. The van der Waals surface area contributed by atoms with Crippen molar-refractivity contribution in [1.82, 2.24) is 10.6 Å². The molecule has 0 saturated carbocycles. The topological polar surface area (TPSA) is 67.4 Å². The monoisotopic (exact) mass is 346 g/mol. The number of halogens is 1. The minimum absolute atomic E-state index is 0.336. The molecule has 0 bridgehead atoms. The van der Waals surface area contributed by atoms with Crippen molar-refractivity contribution in [3.8, 4) is 0 Å². The van der Waals surface area contributed by atoms with E-state index in [0.29, 0.717) is 18.0 Å². The summed E-state index contributed by atoms with van der Waals surface area (Å²) in [6.07, 6.45) is 0.363. The van der Waals surface area contributed by atoms with E-state index in [4.69, 9.17) is 16.3 Å². The third kappa shape index (κ3) is 5.59. The lowest BCUT2D eigenvalue weighted by Crippen LogP contribution is -2.47. The van der Waals surface area contributed by atoms with Crippen molar-refractivity contribution in [1.29, 1.82) is 0 Å². The molecule has 0 aliphatic carbocycles. The molecule has 0 aliphatic heterocycles. The van der Waals surface area contributed by atoms with E-state index in [-0.39, 0.29) is 0 Å². The van der Waals surface area contributed by atoms with Gasteiger partial charge in [-0.15, -0.1) is 0 Å². The molecule has 5 nitrogen and oxygen atoms in total. The summed E-state index contributed by atoms with van der Waals surface area (Å²) in [4.78, 5) is 23.9. The number of urea groups is 1. The van der Waals surface area contributed by atoms with Gasteiger partial charge in [-0.05, 0) is 23.3 Å². The molecule has 0 radical (unpaired) electrons. The van der Waals surface area contributed by atoms with E-state index in [1.165, 1.54) is 7.11 Å². The number of methoxy groups -OCH3 is 1. The molecular formula is C18H19ClN2O3. The van der Waals surface area contributed by atoms with Gasteiger partial charge in [0.1, 0.15) is 6.04 Å². The SMILES string of the molecule is COC(=O)[C@H](Cc1ccccc1)NC(=O)NCc1ccc(Cl)cc1. The minimum atomic E-state index is -0.748. The van der Waals surface area contributed by atoms with Gasteiger partial charge in [-0.2, -0.15) is 0 Å². The van der Waals surface area contributed by atoms with Gasteiger partial charge in [0.05, 0.1) is 7.11 Å². The minimum Gasteiger partial charge on any atom is -0.467 e. The fraction of sp³-hybridized carbons (Fsp3) is 0.222. The molecule has 2 rings (SSSR count). The molecule has 0 aliphatic rings. The Labute approximate surface area is 146 Å². The molecular weight excluding hydrogens is 328 g/mol. The second-order valence-corrected chi connectivity index (χ2v) is 5.66. The number of nitrogens with one attached hydrogen (secondary N) is 2. The first kappa shape index (κ1) is 17.8. The van der Waals surface area contributed by atoms with Crippen LogP contribution in [-0.2, 0) is 22.5 Å². The number of ether oxygens (including phenoxy) is 1. The predicted molar refractivity (Wildman–Crippen MR) is 92.8 cm³/mol. The molecule has 0 saturated heterocycles. The van der Waals surface area contributed by atoms with Crippen molar-refractivity contribution in [2.45, 2.75) is 19.0 Å². The van der Waals surface area contributed by atoms with Crippen LogP contribution in [0.1, 0.15) is 11.1 Å². The quantitative estimate of drug-likeness (QED) is 0.790. The molecule has 0 unspecified atom stereocenters. The number of benzene rings is 2. The van der Waals surface area contributed by atoms with Gasteiger partial charge in [0.25, 0.3) is 0 Å². The summed E-state index contributed by atoms with van der Waals surface area (Å²) >= 11 is 5.82. The maximum atomic E-state index is 12.0. The Morgan fingerprint density at radius 1 is 1.04 bits per heavy atom. The Balaban J connectivity index is 1.91. The van der Waals surface area contributed by atoms with Crippen LogP contribution in [0.2, 0.25) is 5.02 Å². The first-order valence-electron chi connectivity index (χ1n) is 7.49. The van der Waals surface area contributed by atoms with E-state index in [0.717, 1.165) is 11.1 Å². The first-order chi connectivity index (χ1) is 11.6. The molecule has 2 aromatic rings. The predicted octanol–water partition coefficient (Wildman–Crippen LogP) is 2.92. The molecule has 2 amide bonds. The van der Waals surface area contributed by atoms with E-state index in [1.807, 2.05) is 42.5 Å². The van der Waals surface area contributed by atoms with Crippen molar-refractivity contribution in [3.05, 3.63) is 70.7 Å². The number of hydrogen-bond acceptors (Lipinski definition) is 3. The van der Waals surface area contributed by atoms with Crippen LogP contribution in [0.5, 0.6) is 0 Å². The second-order valence-electron chi connectivity index (χ2n) is 5.22. The zero-order valence-corrected chi connectivity index (χ0v) is 14.0. The van der Waals surface area contributed by atoms with E-state index in [1.54, 1.807) is 12.1 Å². The van der Waals surface area contributed by atoms with Crippen molar-refractivity contribution < 1.29 is 14.3 Å². The fourth-order valence-corrected chi connectivity index (χ4v) is 2.31. The maximum absolute atomic E-state index is 12.0. The zero-order valence-electron chi connectivity index (χ0n) is 13.3. The molecule has 0 aromatic heterocycles. The van der Waals surface area contributed by atoms with Crippen molar-refractivity contribution in [2.75, 3.05) is 7.11 Å². The van der Waals surface area contributed by atoms with Crippen LogP contribution in [0.4, 0.5) is 4.79 Å². The number of carbonyl (C=O) groups excluding carboxylic acids is 2. The summed E-state index contributed by atoms with van der Waals surface area (Å²) in [6.45, 7) is 0.336. The van der Waals surface area contributed by atoms with Crippen molar-refractivity contribution in [3.63, 3.8) is 0 Å². The normalized spacial score (nSPS) is 11.4. The lowest BCUT2D eigenvalue weighted by molar-refractivity contribution is -0.142. The van der Waals surface area contributed by atoms with Crippen LogP contribution >= 0.6 is 11.6 Å². The maximum Gasteiger partial charge on any atom is 0.328 e. The Bertz CT molecular complexity index is 674. The summed E-state index contributed by atoms with van der Waals surface area (Å²) in [7, 11) is 1.30. The van der Waals surface area contributed by atoms with E-state index in [2.05, 4.69) is 10.6 Å². The summed E-state index contributed by atoms with van der Waals surface area (Å²) in [5.41, 5.74) is 1.85. The standard InChI is InChI=1S/C18H19ClN2O3/c1-24-17(22)16(11-13-5-3-2-4-6-13)21-18(23)20-12-14-7-9-15(19)10-8-14/h2-10,16H,11-12H2,1H3,(H2,20,21,23)/t16-/m0/s1. The molecule has 2 aromatic carbocycles. The highest BCUT2D eigenvalue weighted by Crippen LogP contribution is 2.09. The van der Waals surface area contributed by atoms with Crippen LogP contribution in [0.3, 0.4) is 0 Å². The van der Waals surface area contributed by atoms with Gasteiger partial charge in [0.2, 0.25) is 0 Å². The largest absolute Gasteiger partial charge is 0.467 e. The number of amides is 2. The lowest BCUT2D eigenvalue weighted by Gasteiger charge is -2.17. The number of carbonyl (C=O) groups is 2. The molecule has 6 heteroatoms. The van der Waals surface area contributed by atoms with Gasteiger partial charge in [-0.1, -0.05) is 54.1 Å².